The number of anilines is 1. The summed E-state index contributed by atoms with van der Waals surface area (Å²) in [5.41, 5.74) is 2.90. The van der Waals surface area contributed by atoms with Crippen molar-refractivity contribution < 1.29 is 14.5 Å². The highest BCUT2D eigenvalue weighted by molar-refractivity contribution is 6.05. The van der Waals surface area contributed by atoms with Gasteiger partial charge in [-0.15, -0.1) is 0 Å². The minimum Gasteiger partial charge on any atom is -0.495 e. The first-order valence-corrected chi connectivity index (χ1v) is 8.56. The fourth-order valence-corrected chi connectivity index (χ4v) is 2.99. The van der Waals surface area contributed by atoms with Crippen LogP contribution in [0.5, 0.6) is 5.75 Å². The standard InChI is InChI=1S/C19H20N4O4/c1-4-6-14-17(22-10-5-7-12(2)18(22)20-14)19(24)21-15-11-13(23(25)26)8-9-16(15)27-3/h5,7-11H,4,6H2,1-3H3,(H,21,24). The van der Waals surface area contributed by atoms with Gasteiger partial charge in [0.1, 0.15) is 17.1 Å². The minimum atomic E-state index is -0.519. The van der Waals surface area contributed by atoms with Gasteiger partial charge >= 0.3 is 0 Å². The predicted molar refractivity (Wildman–Crippen MR) is 102 cm³/mol. The lowest BCUT2D eigenvalue weighted by Crippen LogP contribution is -2.17. The van der Waals surface area contributed by atoms with Crippen molar-refractivity contribution in [2.45, 2.75) is 26.7 Å². The lowest BCUT2D eigenvalue weighted by Gasteiger charge is -2.11. The Morgan fingerprint density at radius 1 is 1.37 bits per heavy atom. The van der Waals surface area contributed by atoms with Gasteiger partial charge in [0.05, 0.1) is 23.4 Å². The first-order valence-electron chi connectivity index (χ1n) is 8.56. The number of aromatic nitrogens is 2. The molecule has 0 bridgehead atoms. The zero-order valence-corrected chi connectivity index (χ0v) is 15.4. The largest absolute Gasteiger partial charge is 0.495 e. The average Bonchev–Trinajstić information content (AvgIpc) is 3.01. The SMILES string of the molecule is CCCc1nc2c(C)cccn2c1C(=O)Nc1cc([N+](=O)[O-])ccc1OC. The second-order valence-corrected chi connectivity index (χ2v) is 6.14. The van der Waals surface area contributed by atoms with E-state index < -0.39 is 10.8 Å². The number of rotatable bonds is 6. The van der Waals surface area contributed by atoms with Crippen LogP contribution in [0, 0.1) is 17.0 Å². The average molecular weight is 368 g/mol. The van der Waals surface area contributed by atoms with Crippen molar-refractivity contribution in [2.24, 2.45) is 0 Å². The molecule has 8 heteroatoms. The highest BCUT2D eigenvalue weighted by atomic mass is 16.6. The van der Waals surface area contributed by atoms with Gasteiger partial charge in [-0.1, -0.05) is 19.4 Å². The maximum atomic E-state index is 13.0. The fraction of sp³-hybridized carbons (Fsp3) is 0.263. The summed E-state index contributed by atoms with van der Waals surface area (Å²) in [6, 6.07) is 7.85. The maximum Gasteiger partial charge on any atom is 0.274 e. The van der Waals surface area contributed by atoms with E-state index in [2.05, 4.69) is 10.3 Å². The summed E-state index contributed by atoms with van der Waals surface area (Å²) in [6.07, 6.45) is 3.27. The molecule has 1 aromatic carbocycles. The van der Waals surface area contributed by atoms with Crippen LogP contribution in [-0.4, -0.2) is 27.3 Å². The van der Waals surface area contributed by atoms with Crippen LogP contribution < -0.4 is 10.1 Å². The number of nitro groups is 1. The molecule has 140 valence electrons. The number of benzene rings is 1. The number of fused-ring (bicyclic) bond motifs is 1. The normalized spacial score (nSPS) is 10.8. The summed E-state index contributed by atoms with van der Waals surface area (Å²) in [4.78, 5) is 28.2. The van der Waals surface area contributed by atoms with Gasteiger partial charge in [0.2, 0.25) is 0 Å². The number of carbonyl (C=O) groups is 1. The van der Waals surface area contributed by atoms with Crippen molar-refractivity contribution in [3.05, 3.63) is 63.6 Å². The Hall–Kier alpha value is -3.42. The molecule has 0 aliphatic carbocycles. The summed E-state index contributed by atoms with van der Waals surface area (Å²) in [6.45, 7) is 3.95. The number of ether oxygens (including phenoxy) is 1. The van der Waals surface area contributed by atoms with Gasteiger partial charge in [0, 0.05) is 18.3 Å². The molecule has 0 saturated heterocycles. The van der Waals surface area contributed by atoms with E-state index in [9.17, 15) is 14.9 Å². The monoisotopic (exact) mass is 368 g/mol. The van der Waals surface area contributed by atoms with Crippen LogP contribution >= 0.6 is 0 Å². The molecule has 3 aromatic rings. The topological polar surface area (TPSA) is 98.8 Å². The van der Waals surface area contributed by atoms with Crippen molar-refractivity contribution in [3.63, 3.8) is 0 Å². The number of aryl methyl sites for hydroxylation is 2. The summed E-state index contributed by atoms with van der Waals surface area (Å²) in [5, 5.41) is 13.8. The van der Waals surface area contributed by atoms with Gasteiger partial charge < -0.3 is 10.1 Å². The maximum absolute atomic E-state index is 13.0. The van der Waals surface area contributed by atoms with Crippen molar-refractivity contribution in [1.29, 1.82) is 0 Å². The number of nitro benzene ring substituents is 1. The Labute approximate surface area is 155 Å². The lowest BCUT2D eigenvalue weighted by atomic mass is 10.2. The number of non-ortho nitro benzene ring substituents is 1. The summed E-state index contributed by atoms with van der Waals surface area (Å²) in [7, 11) is 1.44. The number of pyridine rings is 1. The van der Waals surface area contributed by atoms with E-state index in [4.69, 9.17) is 4.74 Å². The molecule has 0 saturated carbocycles. The Balaban J connectivity index is 2.07. The summed E-state index contributed by atoms with van der Waals surface area (Å²) >= 11 is 0. The molecule has 0 unspecified atom stereocenters. The number of methoxy groups -OCH3 is 1. The molecule has 2 heterocycles. The summed E-state index contributed by atoms with van der Waals surface area (Å²) < 4.78 is 6.97. The van der Waals surface area contributed by atoms with Crippen molar-refractivity contribution in [1.82, 2.24) is 9.38 Å². The number of carbonyl (C=O) groups excluding carboxylic acids is 1. The van der Waals surface area contributed by atoms with Gasteiger partial charge in [-0.3, -0.25) is 19.3 Å². The third-order valence-electron chi connectivity index (χ3n) is 4.26. The third kappa shape index (κ3) is 3.46. The van der Waals surface area contributed by atoms with E-state index in [-0.39, 0.29) is 11.4 Å². The van der Waals surface area contributed by atoms with Gasteiger partial charge in [-0.25, -0.2) is 4.98 Å². The smallest absolute Gasteiger partial charge is 0.274 e. The molecule has 1 amide bonds. The van der Waals surface area contributed by atoms with E-state index >= 15 is 0 Å². The van der Waals surface area contributed by atoms with Crippen LogP contribution in [0.25, 0.3) is 5.65 Å². The second-order valence-electron chi connectivity index (χ2n) is 6.14. The molecular formula is C19H20N4O4. The van der Waals surface area contributed by atoms with E-state index in [1.807, 2.05) is 26.0 Å². The third-order valence-corrected chi connectivity index (χ3v) is 4.26. The number of nitrogens with one attached hydrogen (secondary N) is 1. The minimum absolute atomic E-state index is 0.131. The van der Waals surface area contributed by atoms with Gasteiger partial charge in [0.25, 0.3) is 11.6 Å². The molecule has 0 radical (unpaired) electrons. The predicted octanol–water partition coefficient (Wildman–Crippen LogP) is 3.76. The van der Waals surface area contributed by atoms with Crippen LogP contribution in [-0.2, 0) is 6.42 Å². The molecule has 8 nitrogen and oxygen atoms in total. The Kier molecular flexibility index (Phi) is 5.07. The van der Waals surface area contributed by atoms with E-state index in [1.54, 1.807) is 10.6 Å². The number of hydrogen-bond acceptors (Lipinski definition) is 5. The number of imidazole rings is 1. The van der Waals surface area contributed by atoms with Crippen LogP contribution in [0.3, 0.4) is 0 Å². The highest BCUT2D eigenvalue weighted by Gasteiger charge is 2.21. The molecule has 0 spiro atoms. The van der Waals surface area contributed by atoms with Gasteiger partial charge in [0.15, 0.2) is 0 Å². The highest BCUT2D eigenvalue weighted by Crippen LogP contribution is 2.30. The van der Waals surface area contributed by atoms with E-state index in [0.717, 1.165) is 17.6 Å². The Morgan fingerprint density at radius 2 is 2.15 bits per heavy atom. The van der Waals surface area contributed by atoms with Crippen LogP contribution in [0.15, 0.2) is 36.5 Å². The fourth-order valence-electron chi connectivity index (χ4n) is 2.99. The molecule has 0 atom stereocenters. The van der Waals surface area contributed by atoms with Crippen LogP contribution in [0.4, 0.5) is 11.4 Å². The quantitative estimate of drug-likeness (QED) is 0.527. The van der Waals surface area contributed by atoms with Crippen molar-refractivity contribution in [2.75, 3.05) is 12.4 Å². The van der Waals surface area contributed by atoms with Gasteiger partial charge in [-0.2, -0.15) is 0 Å². The molecule has 0 aliphatic rings. The zero-order valence-electron chi connectivity index (χ0n) is 15.4. The Morgan fingerprint density at radius 3 is 2.81 bits per heavy atom. The zero-order chi connectivity index (χ0) is 19.6. The molecule has 0 aliphatic heterocycles. The Bertz CT molecular complexity index is 1030. The van der Waals surface area contributed by atoms with Crippen LogP contribution in [0.2, 0.25) is 0 Å². The van der Waals surface area contributed by atoms with Gasteiger partial charge in [-0.05, 0) is 31.0 Å². The molecule has 0 fully saturated rings. The second kappa shape index (κ2) is 7.45. The molecule has 1 N–H and O–H groups in total. The summed E-state index contributed by atoms with van der Waals surface area (Å²) in [5.74, 6) is -0.0497. The first kappa shape index (κ1) is 18.4. The number of nitrogens with zero attached hydrogens (tertiary/aromatic N) is 3. The van der Waals surface area contributed by atoms with Crippen molar-refractivity contribution >= 4 is 22.9 Å². The van der Waals surface area contributed by atoms with Crippen LogP contribution in [0.1, 0.15) is 35.1 Å². The van der Waals surface area contributed by atoms with Crippen molar-refractivity contribution in [3.8, 4) is 5.75 Å². The lowest BCUT2D eigenvalue weighted by molar-refractivity contribution is -0.384. The molecular weight excluding hydrogens is 348 g/mol. The first-order chi connectivity index (χ1) is 13.0. The molecule has 3 rings (SSSR count). The van der Waals surface area contributed by atoms with E-state index in [1.165, 1.54) is 25.3 Å². The molecule has 27 heavy (non-hydrogen) atoms. The van der Waals surface area contributed by atoms with E-state index in [0.29, 0.717) is 23.6 Å². The molecule has 2 aromatic heterocycles. The number of amides is 1. The number of hydrogen-bond donors (Lipinski definition) is 1.